The summed E-state index contributed by atoms with van der Waals surface area (Å²) in [6.07, 6.45) is 11.6. The fourth-order valence-corrected chi connectivity index (χ4v) is 3.92. The Labute approximate surface area is 119 Å². The van der Waals surface area contributed by atoms with Gasteiger partial charge in [0.15, 0.2) is 0 Å². The summed E-state index contributed by atoms with van der Waals surface area (Å²) in [5.74, 6) is 0.345. The average Bonchev–Trinajstić information content (AvgIpc) is 2.99. The zero-order valence-electron chi connectivity index (χ0n) is 11.9. The molecule has 0 aromatic rings. The number of carbonyl (C=O) groups excluding carboxylic acids is 1. The maximum atomic E-state index is 11.8. The molecule has 4 aliphatic rings. The highest BCUT2D eigenvalue weighted by Gasteiger charge is 2.41. The van der Waals surface area contributed by atoms with Gasteiger partial charge in [-0.1, -0.05) is 18.2 Å². The molecule has 0 spiro atoms. The third-order valence-electron chi connectivity index (χ3n) is 5.16. The molecule has 3 heterocycles. The van der Waals surface area contributed by atoms with Crippen LogP contribution in [0.15, 0.2) is 35.7 Å². The molecular formula is C16H21N3O. The summed E-state index contributed by atoms with van der Waals surface area (Å²) >= 11 is 0. The zero-order valence-corrected chi connectivity index (χ0v) is 11.9. The fraction of sp³-hybridized carbons (Fsp3) is 0.562. The normalized spacial score (nSPS) is 35.5. The molecule has 0 bridgehead atoms. The van der Waals surface area contributed by atoms with Gasteiger partial charge in [-0.05, 0) is 19.8 Å². The van der Waals surface area contributed by atoms with Gasteiger partial charge in [0.1, 0.15) is 0 Å². The quantitative estimate of drug-likeness (QED) is 0.782. The molecule has 4 rings (SSSR count). The minimum atomic E-state index is 0.0622. The molecule has 3 aliphatic heterocycles. The predicted molar refractivity (Wildman–Crippen MR) is 77.8 cm³/mol. The van der Waals surface area contributed by atoms with E-state index in [0.717, 1.165) is 38.9 Å². The van der Waals surface area contributed by atoms with Crippen LogP contribution < -0.4 is 5.32 Å². The van der Waals surface area contributed by atoms with Crippen molar-refractivity contribution in [3.8, 4) is 0 Å². The second-order valence-corrected chi connectivity index (χ2v) is 6.44. The van der Waals surface area contributed by atoms with Crippen molar-refractivity contribution in [1.82, 2.24) is 15.1 Å². The number of piperazine rings is 1. The van der Waals surface area contributed by atoms with Crippen molar-refractivity contribution in [2.75, 3.05) is 19.6 Å². The SMILES string of the molecule is CC12CC=CC=C1C(N1CCN3C(=O)CCC3C1)=CN2. The number of hydrogen-bond acceptors (Lipinski definition) is 3. The Morgan fingerprint density at radius 3 is 3.20 bits per heavy atom. The van der Waals surface area contributed by atoms with Crippen LogP contribution in [0.1, 0.15) is 26.2 Å². The smallest absolute Gasteiger partial charge is 0.223 e. The first-order valence-electron chi connectivity index (χ1n) is 7.57. The van der Waals surface area contributed by atoms with Crippen molar-refractivity contribution < 1.29 is 4.79 Å². The third kappa shape index (κ3) is 1.63. The molecule has 2 unspecified atom stereocenters. The Bertz CT molecular complexity index is 548. The van der Waals surface area contributed by atoms with Crippen LogP contribution in [0, 0.1) is 0 Å². The van der Waals surface area contributed by atoms with Crippen LogP contribution in [0.25, 0.3) is 0 Å². The van der Waals surface area contributed by atoms with E-state index in [2.05, 4.69) is 46.5 Å². The van der Waals surface area contributed by atoms with Gasteiger partial charge in [-0.15, -0.1) is 0 Å². The standard InChI is InChI=1S/C16H21N3O/c1-16-7-3-2-4-13(16)14(10-17-16)18-8-9-19-12(11-18)5-6-15(19)20/h2-4,10,12,17H,5-9,11H2,1H3. The number of rotatable bonds is 1. The van der Waals surface area contributed by atoms with E-state index < -0.39 is 0 Å². The largest absolute Gasteiger partial charge is 0.380 e. The summed E-state index contributed by atoms with van der Waals surface area (Å²) in [7, 11) is 0. The summed E-state index contributed by atoms with van der Waals surface area (Å²) in [4.78, 5) is 16.3. The second kappa shape index (κ2) is 4.14. The molecule has 4 heteroatoms. The third-order valence-corrected chi connectivity index (χ3v) is 5.16. The van der Waals surface area contributed by atoms with Gasteiger partial charge < -0.3 is 15.1 Å². The van der Waals surface area contributed by atoms with Gasteiger partial charge >= 0.3 is 0 Å². The number of hydrogen-bond donors (Lipinski definition) is 1. The van der Waals surface area contributed by atoms with E-state index in [1.165, 1.54) is 11.3 Å². The molecule has 106 valence electrons. The first-order valence-corrected chi connectivity index (χ1v) is 7.57. The monoisotopic (exact) mass is 271 g/mol. The van der Waals surface area contributed by atoms with Crippen molar-refractivity contribution in [2.24, 2.45) is 0 Å². The van der Waals surface area contributed by atoms with Crippen molar-refractivity contribution in [1.29, 1.82) is 0 Å². The van der Waals surface area contributed by atoms with E-state index >= 15 is 0 Å². The summed E-state index contributed by atoms with van der Waals surface area (Å²) < 4.78 is 0. The van der Waals surface area contributed by atoms with Gasteiger partial charge in [0, 0.05) is 43.9 Å². The predicted octanol–water partition coefficient (Wildman–Crippen LogP) is 1.38. The van der Waals surface area contributed by atoms with Crippen LogP contribution in [-0.2, 0) is 4.79 Å². The van der Waals surface area contributed by atoms with Crippen LogP contribution in [0.3, 0.4) is 0 Å². The molecule has 1 N–H and O–H groups in total. The molecule has 2 atom stereocenters. The van der Waals surface area contributed by atoms with E-state index in [1.807, 2.05) is 0 Å². The minimum absolute atomic E-state index is 0.0622. The lowest BCUT2D eigenvalue weighted by molar-refractivity contribution is -0.130. The molecule has 0 radical (unpaired) electrons. The van der Waals surface area contributed by atoms with Gasteiger partial charge in [0.25, 0.3) is 0 Å². The molecule has 1 amide bonds. The molecule has 1 aliphatic carbocycles. The lowest BCUT2D eigenvalue weighted by Crippen LogP contribution is -2.51. The number of nitrogens with one attached hydrogen (secondary N) is 1. The molecular weight excluding hydrogens is 250 g/mol. The Balaban J connectivity index is 1.56. The van der Waals surface area contributed by atoms with Gasteiger partial charge in [-0.25, -0.2) is 0 Å². The van der Waals surface area contributed by atoms with Gasteiger partial charge in [0.2, 0.25) is 5.91 Å². The maximum absolute atomic E-state index is 11.8. The van der Waals surface area contributed by atoms with Gasteiger partial charge in [-0.3, -0.25) is 4.79 Å². The van der Waals surface area contributed by atoms with E-state index in [-0.39, 0.29) is 5.54 Å². The minimum Gasteiger partial charge on any atom is -0.380 e. The molecule has 0 saturated carbocycles. The maximum Gasteiger partial charge on any atom is 0.223 e. The Morgan fingerprint density at radius 2 is 2.30 bits per heavy atom. The van der Waals surface area contributed by atoms with Crippen molar-refractivity contribution >= 4 is 5.91 Å². The summed E-state index contributed by atoms with van der Waals surface area (Å²) in [5, 5.41) is 3.55. The molecule has 0 aromatic heterocycles. The molecule has 20 heavy (non-hydrogen) atoms. The number of fused-ring (bicyclic) bond motifs is 2. The number of carbonyl (C=O) groups is 1. The zero-order chi connectivity index (χ0) is 13.7. The second-order valence-electron chi connectivity index (χ2n) is 6.44. The molecule has 4 nitrogen and oxygen atoms in total. The van der Waals surface area contributed by atoms with Crippen LogP contribution in [0.2, 0.25) is 0 Å². The van der Waals surface area contributed by atoms with Crippen molar-refractivity contribution in [2.45, 2.75) is 37.8 Å². The van der Waals surface area contributed by atoms with E-state index in [9.17, 15) is 4.79 Å². The lowest BCUT2D eigenvalue weighted by Gasteiger charge is -2.40. The average molecular weight is 271 g/mol. The Hall–Kier alpha value is -1.71. The highest BCUT2D eigenvalue weighted by atomic mass is 16.2. The van der Waals surface area contributed by atoms with Crippen LogP contribution in [0.4, 0.5) is 0 Å². The first kappa shape index (κ1) is 12.1. The van der Waals surface area contributed by atoms with Crippen LogP contribution in [-0.4, -0.2) is 46.9 Å². The summed E-state index contributed by atoms with van der Waals surface area (Å²) in [6.45, 7) is 5.07. The number of allylic oxidation sites excluding steroid dienone is 2. The van der Waals surface area contributed by atoms with E-state index in [4.69, 9.17) is 0 Å². The topological polar surface area (TPSA) is 35.6 Å². The molecule has 2 fully saturated rings. The fourth-order valence-electron chi connectivity index (χ4n) is 3.92. The molecule has 2 saturated heterocycles. The van der Waals surface area contributed by atoms with E-state index in [0.29, 0.717) is 11.9 Å². The Morgan fingerprint density at radius 1 is 1.40 bits per heavy atom. The highest BCUT2D eigenvalue weighted by Crippen LogP contribution is 2.38. The van der Waals surface area contributed by atoms with Gasteiger partial charge in [0.05, 0.1) is 11.2 Å². The number of nitrogens with zero attached hydrogens (tertiary/aromatic N) is 2. The van der Waals surface area contributed by atoms with Crippen molar-refractivity contribution in [3.05, 3.63) is 35.7 Å². The molecule has 0 aromatic carbocycles. The van der Waals surface area contributed by atoms with Crippen LogP contribution >= 0.6 is 0 Å². The van der Waals surface area contributed by atoms with Crippen LogP contribution in [0.5, 0.6) is 0 Å². The highest BCUT2D eigenvalue weighted by molar-refractivity contribution is 5.79. The summed E-state index contributed by atoms with van der Waals surface area (Å²) in [5.41, 5.74) is 2.79. The number of amides is 1. The van der Waals surface area contributed by atoms with E-state index in [1.54, 1.807) is 0 Å². The lowest BCUT2D eigenvalue weighted by atomic mass is 9.85. The van der Waals surface area contributed by atoms with Gasteiger partial charge in [-0.2, -0.15) is 0 Å². The summed E-state index contributed by atoms with van der Waals surface area (Å²) in [6, 6.07) is 0.420. The first-order chi connectivity index (χ1) is 9.67. The van der Waals surface area contributed by atoms with Crippen molar-refractivity contribution in [3.63, 3.8) is 0 Å². The Kier molecular flexibility index (Phi) is 2.50.